The number of carbonyl (C=O) groups excluding carboxylic acids is 1. The summed E-state index contributed by atoms with van der Waals surface area (Å²) in [5.41, 5.74) is -1.85. The van der Waals surface area contributed by atoms with Crippen molar-refractivity contribution in [1.82, 2.24) is 5.32 Å². The summed E-state index contributed by atoms with van der Waals surface area (Å²) in [6.07, 6.45) is -5.36. The number of aliphatic carboxylic acids is 1. The normalized spacial score (nSPS) is 12.5. The quantitative estimate of drug-likeness (QED) is 0.790. The van der Waals surface area contributed by atoms with Gasteiger partial charge in [0.1, 0.15) is 17.7 Å². The van der Waals surface area contributed by atoms with E-state index in [2.05, 4.69) is 0 Å². The Morgan fingerprint density at radius 2 is 1.62 bits per heavy atom. The Kier molecular flexibility index (Phi) is 5.59. The van der Waals surface area contributed by atoms with Crippen LogP contribution in [0.25, 0.3) is 0 Å². The molecule has 0 aliphatic rings. The van der Waals surface area contributed by atoms with Crippen molar-refractivity contribution in [2.75, 3.05) is 0 Å². The number of hydrogen-bond donors (Lipinski definition) is 2. The van der Waals surface area contributed by atoms with E-state index in [0.717, 1.165) is 18.2 Å². The summed E-state index contributed by atoms with van der Waals surface area (Å²) in [4.78, 5) is 23.3. The van der Waals surface area contributed by atoms with E-state index in [1.807, 2.05) is 5.32 Å². The van der Waals surface area contributed by atoms with Gasteiger partial charge < -0.3 is 10.4 Å². The molecule has 0 spiro atoms. The minimum Gasteiger partial charge on any atom is -0.480 e. The second-order valence-corrected chi connectivity index (χ2v) is 5.38. The molecule has 0 aliphatic carbocycles. The van der Waals surface area contributed by atoms with E-state index in [1.54, 1.807) is 0 Å². The van der Waals surface area contributed by atoms with Gasteiger partial charge in [0, 0.05) is 18.1 Å². The SMILES string of the molecule is O=C(N[C@@H](Cc1ccccc1C(F)(F)F)C(=O)O)c1cc(F)cc(F)c1. The number of rotatable bonds is 5. The lowest BCUT2D eigenvalue weighted by Crippen LogP contribution is -2.42. The molecular formula is C17H12F5NO3. The van der Waals surface area contributed by atoms with Crippen molar-refractivity contribution in [2.24, 2.45) is 0 Å². The molecule has 1 atom stereocenters. The molecule has 2 rings (SSSR count). The Balaban J connectivity index is 2.26. The first-order valence-corrected chi connectivity index (χ1v) is 7.23. The van der Waals surface area contributed by atoms with Crippen LogP contribution in [0.3, 0.4) is 0 Å². The minimum atomic E-state index is -4.70. The molecule has 0 fully saturated rings. The van der Waals surface area contributed by atoms with Gasteiger partial charge in [-0.1, -0.05) is 18.2 Å². The fraction of sp³-hybridized carbons (Fsp3) is 0.176. The summed E-state index contributed by atoms with van der Waals surface area (Å²) in [6.45, 7) is 0. The van der Waals surface area contributed by atoms with Gasteiger partial charge in [-0.25, -0.2) is 13.6 Å². The van der Waals surface area contributed by atoms with Crippen molar-refractivity contribution >= 4 is 11.9 Å². The first-order chi connectivity index (χ1) is 12.1. The maximum atomic E-state index is 13.2. The third-order valence-electron chi connectivity index (χ3n) is 3.47. The van der Waals surface area contributed by atoms with Crippen LogP contribution >= 0.6 is 0 Å². The molecule has 2 aromatic carbocycles. The van der Waals surface area contributed by atoms with Gasteiger partial charge in [-0.2, -0.15) is 13.2 Å². The standard InChI is InChI=1S/C17H12F5NO3/c18-11-5-10(6-12(19)8-11)15(24)23-14(16(25)26)7-9-3-1-2-4-13(9)17(20,21)22/h1-6,8,14H,7H2,(H,23,24)(H,25,26)/t14-/m0/s1. The van der Waals surface area contributed by atoms with Gasteiger partial charge in [0.2, 0.25) is 0 Å². The molecule has 0 aromatic heterocycles. The van der Waals surface area contributed by atoms with E-state index in [9.17, 15) is 36.6 Å². The van der Waals surface area contributed by atoms with Gasteiger partial charge in [0.05, 0.1) is 5.56 Å². The van der Waals surface area contributed by atoms with Crippen LogP contribution in [-0.2, 0) is 17.4 Å². The van der Waals surface area contributed by atoms with Crippen LogP contribution < -0.4 is 5.32 Å². The summed E-state index contributed by atoms with van der Waals surface area (Å²) < 4.78 is 65.3. The van der Waals surface area contributed by atoms with E-state index in [4.69, 9.17) is 0 Å². The molecular weight excluding hydrogens is 361 g/mol. The largest absolute Gasteiger partial charge is 0.480 e. The van der Waals surface area contributed by atoms with Crippen molar-refractivity contribution in [2.45, 2.75) is 18.6 Å². The summed E-state index contributed by atoms with van der Waals surface area (Å²) in [5.74, 6) is -4.82. The predicted molar refractivity (Wildman–Crippen MR) is 80.4 cm³/mol. The van der Waals surface area contributed by atoms with Gasteiger partial charge >= 0.3 is 12.1 Å². The zero-order chi connectivity index (χ0) is 19.5. The zero-order valence-corrected chi connectivity index (χ0v) is 13.0. The number of nitrogens with one attached hydrogen (secondary N) is 1. The molecule has 0 saturated heterocycles. The van der Waals surface area contributed by atoms with Crippen molar-refractivity contribution in [1.29, 1.82) is 0 Å². The Labute approximate surface area is 144 Å². The molecule has 4 nitrogen and oxygen atoms in total. The maximum absolute atomic E-state index is 13.2. The molecule has 2 aromatic rings. The second kappa shape index (κ2) is 7.51. The summed E-state index contributed by atoms with van der Waals surface area (Å²) in [5, 5.41) is 11.2. The second-order valence-electron chi connectivity index (χ2n) is 5.38. The highest BCUT2D eigenvalue weighted by Crippen LogP contribution is 2.32. The molecule has 138 valence electrons. The van der Waals surface area contributed by atoms with Crippen LogP contribution in [-0.4, -0.2) is 23.0 Å². The van der Waals surface area contributed by atoms with Crippen LogP contribution in [0.15, 0.2) is 42.5 Å². The average molecular weight is 373 g/mol. The van der Waals surface area contributed by atoms with E-state index in [1.165, 1.54) is 6.07 Å². The Bertz CT molecular complexity index is 815. The van der Waals surface area contributed by atoms with Crippen molar-refractivity contribution in [3.05, 3.63) is 70.8 Å². The lowest BCUT2D eigenvalue weighted by Gasteiger charge is -2.18. The fourth-order valence-electron chi connectivity index (χ4n) is 2.32. The number of carboxylic acid groups (broad SMARTS) is 1. The molecule has 0 bridgehead atoms. The molecule has 0 heterocycles. The van der Waals surface area contributed by atoms with Crippen LogP contribution in [0.1, 0.15) is 21.5 Å². The van der Waals surface area contributed by atoms with E-state index >= 15 is 0 Å². The summed E-state index contributed by atoms with van der Waals surface area (Å²) in [6, 6.07) is 4.48. The number of carboxylic acids is 1. The van der Waals surface area contributed by atoms with Crippen LogP contribution in [0.4, 0.5) is 22.0 Å². The number of hydrogen-bond acceptors (Lipinski definition) is 2. The summed E-state index contributed by atoms with van der Waals surface area (Å²) >= 11 is 0. The Morgan fingerprint density at radius 1 is 1.04 bits per heavy atom. The van der Waals surface area contributed by atoms with Gasteiger partial charge in [-0.15, -0.1) is 0 Å². The fourth-order valence-corrected chi connectivity index (χ4v) is 2.32. The number of amides is 1. The predicted octanol–water partition coefficient (Wildman–Crippen LogP) is 3.41. The van der Waals surface area contributed by atoms with E-state index < -0.39 is 53.3 Å². The summed E-state index contributed by atoms with van der Waals surface area (Å²) in [7, 11) is 0. The minimum absolute atomic E-state index is 0.335. The molecule has 0 unspecified atom stereocenters. The first-order valence-electron chi connectivity index (χ1n) is 7.23. The van der Waals surface area contributed by atoms with Gasteiger partial charge in [-0.05, 0) is 23.8 Å². The average Bonchev–Trinajstić information content (AvgIpc) is 2.52. The van der Waals surface area contributed by atoms with Crippen LogP contribution in [0.2, 0.25) is 0 Å². The third kappa shape index (κ3) is 4.78. The molecule has 0 radical (unpaired) electrons. The lowest BCUT2D eigenvalue weighted by molar-refractivity contribution is -0.141. The topological polar surface area (TPSA) is 66.4 Å². The van der Waals surface area contributed by atoms with Crippen LogP contribution in [0.5, 0.6) is 0 Å². The van der Waals surface area contributed by atoms with Crippen molar-refractivity contribution in [3.63, 3.8) is 0 Å². The maximum Gasteiger partial charge on any atom is 0.416 e. The highest BCUT2D eigenvalue weighted by molar-refractivity contribution is 5.96. The molecule has 2 N–H and O–H groups in total. The molecule has 0 saturated carbocycles. The van der Waals surface area contributed by atoms with E-state index in [0.29, 0.717) is 18.2 Å². The molecule has 1 amide bonds. The number of alkyl halides is 3. The van der Waals surface area contributed by atoms with Crippen molar-refractivity contribution in [3.8, 4) is 0 Å². The number of halogens is 5. The van der Waals surface area contributed by atoms with Gasteiger partial charge in [-0.3, -0.25) is 4.79 Å². The first kappa shape index (κ1) is 19.4. The Morgan fingerprint density at radius 3 is 2.15 bits per heavy atom. The monoisotopic (exact) mass is 373 g/mol. The Hall–Kier alpha value is -2.97. The third-order valence-corrected chi connectivity index (χ3v) is 3.47. The highest BCUT2D eigenvalue weighted by Gasteiger charge is 2.34. The number of benzene rings is 2. The lowest BCUT2D eigenvalue weighted by atomic mass is 9.99. The molecule has 0 aliphatic heterocycles. The zero-order valence-electron chi connectivity index (χ0n) is 13.0. The van der Waals surface area contributed by atoms with Crippen LogP contribution in [0, 0.1) is 11.6 Å². The molecule has 26 heavy (non-hydrogen) atoms. The van der Waals surface area contributed by atoms with Crippen molar-refractivity contribution < 1.29 is 36.6 Å². The highest BCUT2D eigenvalue weighted by atomic mass is 19.4. The van der Waals surface area contributed by atoms with E-state index in [-0.39, 0.29) is 5.56 Å². The molecule has 9 heteroatoms. The van der Waals surface area contributed by atoms with Gasteiger partial charge in [0.25, 0.3) is 5.91 Å². The van der Waals surface area contributed by atoms with Gasteiger partial charge in [0.15, 0.2) is 0 Å². The smallest absolute Gasteiger partial charge is 0.416 e. The number of carbonyl (C=O) groups is 2.